The molecular weight excluding hydrogens is 270 g/mol. The molecule has 21 heavy (non-hydrogen) atoms. The van der Waals surface area contributed by atoms with Gasteiger partial charge in [-0.25, -0.2) is 0 Å². The van der Waals surface area contributed by atoms with E-state index in [2.05, 4.69) is 5.16 Å². The first-order chi connectivity index (χ1) is 10.1. The number of rotatable bonds is 6. The molecule has 2 rings (SSSR count). The van der Waals surface area contributed by atoms with Crippen LogP contribution in [0.4, 0.5) is 5.69 Å². The number of nitro groups is 1. The Morgan fingerprint density at radius 3 is 2.38 bits per heavy atom. The summed E-state index contributed by atoms with van der Waals surface area (Å²) in [7, 11) is 0. The second-order valence-corrected chi connectivity index (χ2v) is 4.44. The van der Waals surface area contributed by atoms with Crippen LogP contribution < -0.4 is 5.73 Å². The smallest absolute Gasteiger partial charge is 0.269 e. The highest BCUT2D eigenvalue weighted by molar-refractivity contribution is 5.82. The monoisotopic (exact) mass is 285 g/mol. The Labute approximate surface area is 122 Å². The average molecular weight is 285 g/mol. The van der Waals surface area contributed by atoms with Crippen LogP contribution in [0, 0.1) is 10.1 Å². The molecule has 108 valence electrons. The van der Waals surface area contributed by atoms with Gasteiger partial charge in [-0.2, -0.15) is 0 Å². The number of benzene rings is 2. The van der Waals surface area contributed by atoms with E-state index in [0.29, 0.717) is 12.3 Å². The summed E-state index contributed by atoms with van der Waals surface area (Å²) in [6, 6.07) is 15.8. The Kier molecular flexibility index (Phi) is 4.87. The fraction of sp³-hybridized carbons (Fsp3) is 0.133. The summed E-state index contributed by atoms with van der Waals surface area (Å²) < 4.78 is 0. The quantitative estimate of drug-likeness (QED) is 0.382. The lowest BCUT2D eigenvalue weighted by atomic mass is 10.1. The number of nitro benzene ring substituents is 1. The highest BCUT2D eigenvalue weighted by Crippen LogP contribution is 2.12. The first kappa shape index (κ1) is 14.5. The summed E-state index contributed by atoms with van der Waals surface area (Å²) in [6.45, 7) is 0.216. The summed E-state index contributed by atoms with van der Waals surface area (Å²) >= 11 is 0. The van der Waals surface area contributed by atoms with Crippen molar-refractivity contribution in [1.29, 1.82) is 0 Å². The number of hydrogen-bond acceptors (Lipinski definition) is 4. The molecule has 0 bridgehead atoms. The van der Waals surface area contributed by atoms with Gasteiger partial charge in [0.1, 0.15) is 12.4 Å². The van der Waals surface area contributed by atoms with Crippen molar-refractivity contribution >= 4 is 11.5 Å². The minimum absolute atomic E-state index is 0.0471. The molecular formula is C15H15N3O3. The van der Waals surface area contributed by atoms with Gasteiger partial charge in [-0.3, -0.25) is 10.1 Å². The van der Waals surface area contributed by atoms with Gasteiger partial charge in [-0.15, -0.1) is 0 Å². The molecule has 0 radical (unpaired) electrons. The molecule has 2 aromatic carbocycles. The number of nitrogens with two attached hydrogens (primary N) is 1. The summed E-state index contributed by atoms with van der Waals surface area (Å²) in [5, 5.41) is 14.4. The molecule has 0 saturated heterocycles. The number of non-ortho nitro benzene ring substituents is 1. The lowest BCUT2D eigenvalue weighted by Crippen LogP contribution is -2.15. The van der Waals surface area contributed by atoms with Crippen LogP contribution in [-0.4, -0.2) is 10.8 Å². The zero-order valence-corrected chi connectivity index (χ0v) is 11.3. The van der Waals surface area contributed by atoms with Crippen molar-refractivity contribution in [2.75, 3.05) is 0 Å². The van der Waals surface area contributed by atoms with Gasteiger partial charge in [-0.1, -0.05) is 35.5 Å². The number of hydrogen-bond donors (Lipinski definition) is 1. The highest BCUT2D eigenvalue weighted by Gasteiger charge is 2.04. The van der Waals surface area contributed by atoms with Crippen LogP contribution in [0.3, 0.4) is 0 Å². The normalized spacial score (nSPS) is 11.1. The fourth-order valence-electron chi connectivity index (χ4n) is 1.74. The maximum absolute atomic E-state index is 10.5. The third kappa shape index (κ3) is 4.61. The van der Waals surface area contributed by atoms with Crippen LogP contribution in [0.5, 0.6) is 0 Å². The lowest BCUT2D eigenvalue weighted by molar-refractivity contribution is -0.384. The molecule has 0 unspecified atom stereocenters. The van der Waals surface area contributed by atoms with Gasteiger partial charge in [0, 0.05) is 18.6 Å². The second-order valence-electron chi connectivity index (χ2n) is 4.44. The van der Waals surface area contributed by atoms with Crippen LogP contribution in [0.2, 0.25) is 0 Å². The Hall–Kier alpha value is -2.89. The zero-order valence-electron chi connectivity index (χ0n) is 11.3. The highest BCUT2D eigenvalue weighted by atomic mass is 16.6. The Balaban J connectivity index is 1.85. The molecule has 6 nitrogen and oxygen atoms in total. The number of nitrogens with zero attached hydrogens (tertiary/aromatic N) is 2. The van der Waals surface area contributed by atoms with Crippen molar-refractivity contribution in [3.05, 3.63) is 75.8 Å². The van der Waals surface area contributed by atoms with E-state index in [1.165, 1.54) is 12.1 Å². The van der Waals surface area contributed by atoms with E-state index in [0.717, 1.165) is 11.1 Å². The molecule has 6 heteroatoms. The third-order valence-electron chi connectivity index (χ3n) is 2.79. The Morgan fingerprint density at radius 2 is 1.76 bits per heavy atom. The van der Waals surface area contributed by atoms with Crippen LogP contribution >= 0.6 is 0 Å². The van der Waals surface area contributed by atoms with E-state index in [1.807, 2.05) is 30.3 Å². The third-order valence-corrected chi connectivity index (χ3v) is 2.79. The van der Waals surface area contributed by atoms with Crippen LogP contribution in [0.25, 0.3) is 0 Å². The summed E-state index contributed by atoms with van der Waals surface area (Å²) in [5.74, 6) is 0.378. The topological polar surface area (TPSA) is 90.8 Å². The molecule has 0 spiro atoms. The number of oxime groups is 1. The molecule has 2 N–H and O–H groups in total. The van der Waals surface area contributed by atoms with Gasteiger partial charge in [0.25, 0.3) is 5.69 Å². The van der Waals surface area contributed by atoms with Crippen LogP contribution in [-0.2, 0) is 17.9 Å². The first-order valence-corrected chi connectivity index (χ1v) is 6.36. The van der Waals surface area contributed by atoms with Gasteiger partial charge in [0.15, 0.2) is 0 Å². The molecule has 0 saturated carbocycles. The molecule has 0 aliphatic rings. The average Bonchev–Trinajstić information content (AvgIpc) is 2.49. The van der Waals surface area contributed by atoms with Gasteiger partial charge >= 0.3 is 0 Å². The summed E-state index contributed by atoms with van der Waals surface area (Å²) in [5.41, 5.74) is 7.66. The molecule has 0 amide bonds. The largest absolute Gasteiger partial charge is 0.390 e. The van der Waals surface area contributed by atoms with E-state index in [4.69, 9.17) is 10.6 Å². The van der Waals surface area contributed by atoms with Crippen molar-refractivity contribution in [2.45, 2.75) is 13.0 Å². The molecule has 0 atom stereocenters. The Morgan fingerprint density at radius 1 is 1.10 bits per heavy atom. The van der Waals surface area contributed by atoms with E-state index in [-0.39, 0.29) is 12.3 Å². The molecule has 2 aromatic rings. The van der Waals surface area contributed by atoms with E-state index >= 15 is 0 Å². The van der Waals surface area contributed by atoms with Gasteiger partial charge in [-0.05, 0) is 23.3 Å². The van der Waals surface area contributed by atoms with Gasteiger partial charge in [0.2, 0.25) is 0 Å². The fourth-order valence-corrected chi connectivity index (χ4v) is 1.74. The predicted molar refractivity (Wildman–Crippen MR) is 79.7 cm³/mol. The first-order valence-electron chi connectivity index (χ1n) is 6.36. The van der Waals surface area contributed by atoms with Crippen molar-refractivity contribution in [3.8, 4) is 0 Å². The van der Waals surface area contributed by atoms with E-state index in [9.17, 15) is 10.1 Å². The summed E-state index contributed by atoms with van der Waals surface area (Å²) in [6.07, 6.45) is 0.515. The molecule has 0 heterocycles. The van der Waals surface area contributed by atoms with Gasteiger partial charge in [0.05, 0.1) is 4.92 Å². The van der Waals surface area contributed by atoms with Crippen molar-refractivity contribution < 1.29 is 9.76 Å². The van der Waals surface area contributed by atoms with Crippen molar-refractivity contribution in [2.24, 2.45) is 10.9 Å². The maximum atomic E-state index is 10.5. The summed E-state index contributed by atoms with van der Waals surface area (Å²) in [4.78, 5) is 15.2. The standard InChI is InChI=1S/C15H15N3O3/c16-15(10-12-4-2-1-3-5-12)17-21-11-13-6-8-14(9-7-13)18(19)20/h1-9H,10-11H2,(H2,16,17). The SMILES string of the molecule is N/C(Cc1ccccc1)=N/OCc1ccc([N+](=O)[O-])cc1. The predicted octanol–water partition coefficient (Wildman–Crippen LogP) is 2.63. The van der Waals surface area contributed by atoms with Crippen molar-refractivity contribution in [1.82, 2.24) is 0 Å². The van der Waals surface area contributed by atoms with Crippen LogP contribution in [0.1, 0.15) is 11.1 Å². The Bertz CT molecular complexity index is 624. The zero-order chi connectivity index (χ0) is 15.1. The maximum Gasteiger partial charge on any atom is 0.269 e. The second kappa shape index (κ2) is 7.04. The van der Waals surface area contributed by atoms with Crippen molar-refractivity contribution in [3.63, 3.8) is 0 Å². The lowest BCUT2D eigenvalue weighted by Gasteiger charge is -2.03. The molecule has 0 fully saturated rings. The minimum Gasteiger partial charge on any atom is -0.390 e. The molecule has 0 aliphatic heterocycles. The molecule has 0 aromatic heterocycles. The van der Waals surface area contributed by atoms with Crippen LogP contribution in [0.15, 0.2) is 59.8 Å². The van der Waals surface area contributed by atoms with E-state index < -0.39 is 4.92 Å². The minimum atomic E-state index is -0.444. The molecule has 0 aliphatic carbocycles. The van der Waals surface area contributed by atoms with E-state index in [1.54, 1.807) is 12.1 Å². The number of amidine groups is 1. The van der Waals surface area contributed by atoms with Gasteiger partial charge < -0.3 is 10.6 Å².